The van der Waals surface area contributed by atoms with Crippen molar-refractivity contribution in [3.8, 4) is 0 Å². The summed E-state index contributed by atoms with van der Waals surface area (Å²) < 4.78 is 0. The van der Waals surface area contributed by atoms with E-state index in [1.807, 2.05) is 0 Å². The highest BCUT2D eigenvalue weighted by molar-refractivity contribution is 7.80. The SMILES string of the molecule is CCCc1nccnc1C(N)=S. The fraction of sp³-hybridized carbons (Fsp3) is 0.375. The molecule has 0 aliphatic rings. The molecule has 0 fully saturated rings. The third kappa shape index (κ3) is 1.98. The van der Waals surface area contributed by atoms with Crippen LogP contribution in [0.4, 0.5) is 0 Å². The molecule has 12 heavy (non-hydrogen) atoms. The fourth-order valence-electron chi connectivity index (χ4n) is 0.992. The summed E-state index contributed by atoms with van der Waals surface area (Å²) in [5.41, 5.74) is 7.03. The number of hydrogen-bond acceptors (Lipinski definition) is 3. The second kappa shape index (κ2) is 4.11. The number of aryl methyl sites for hydroxylation is 1. The fourth-order valence-corrected chi connectivity index (χ4v) is 1.16. The Morgan fingerprint density at radius 3 is 2.75 bits per heavy atom. The lowest BCUT2D eigenvalue weighted by Gasteiger charge is -2.02. The second-order valence-corrected chi connectivity index (χ2v) is 2.91. The summed E-state index contributed by atoms with van der Waals surface area (Å²) in [5, 5.41) is 0. The summed E-state index contributed by atoms with van der Waals surface area (Å²) in [4.78, 5) is 8.55. The van der Waals surface area contributed by atoms with Gasteiger partial charge in [0.05, 0.1) is 5.69 Å². The van der Waals surface area contributed by atoms with Crippen molar-refractivity contribution >= 4 is 17.2 Å². The molecular weight excluding hydrogens is 170 g/mol. The van der Waals surface area contributed by atoms with E-state index in [4.69, 9.17) is 18.0 Å². The highest BCUT2D eigenvalue weighted by Crippen LogP contribution is 2.03. The highest BCUT2D eigenvalue weighted by atomic mass is 32.1. The standard InChI is InChI=1S/C8H11N3S/c1-2-3-6-7(8(9)12)11-5-4-10-6/h4-5H,2-3H2,1H3,(H2,9,12). The van der Waals surface area contributed by atoms with Crippen LogP contribution in [-0.4, -0.2) is 15.0 Å². The molecule has 64 valence electrons. The molecule has 1 aromatic rings. The lowest BCUT2D eigenvalue weighted by atomic mass is 10.2. The van der Waals surface area contributed by atoms with Crippen LogP contribution in [-0.2, 0) is 6.42 Å². The van der Waals surface area contributed by atoms with Crippen molar-refractivity contribution < 1.29 is 0 Å². The average molecular weight is 181 g/mol. The van der Waals surface area contributed by atoms with Crippen molar-refractivity contribution in [3.63, 3.8) is 0 Å². The van der Waals surface area contributed by atoms with Gasteiger partial charge < -0.3 is 5.73 Å². The maximum Gasteiger partial charge on any atom is 0.124 e. The number of hydrogen-bond donors (Lipinski definition) is 1. The summed E-state index contributed by atoms with van der Waals surface area (Å²) in [6.45, 7) is 2.08. The summed E-state index contributed by atoms with van der Waals surface area (Å²) in [6.07, 6.45) is 5.16. The maximum absolute atomic E-state index is 5.47. The van der Waals surface area contributed by atoms with E-state index in [0.29, 0.717) is 10.7 Å². The second-order valence-electron chi connectivity index (χ2n) is 2.47. The number of nitrogens with two attached hydrogens (primary N) is 1. The average Bonchev–Trinajstić information content (AvgIpc) is 2.05. The van der Waals surface area contributed by atoms with Gasteiger partial charge in [-0.25, -0.2) is 0 Å². The third-order valence-electron chi connectivity index (χ3n) is 1.49. The number of aromatic nitrogens is 2. The van der Waals surface area contributed by atoms with E-state index in [-0.39, 0.29) is 0 Å². The van der Waals surface area contributed by atoms with Gasteiger partial charge >= 0.3 is 0 Å². The summed E-state index contributed by atoms with van der Waals surface area (Å²) in [6, 6.07) is 0. The molecule has 0 aliphatic carbocycles. The monoisotopic (exact) mass is 181 g/mol. The molecule has 0 aliphatic heterocycles. The molecule has 0 atom stereocenters. The van der Waals surface area contributed by atoms with Crippen LogP contribution in [0.1, 0.15) is 24.7 Å². The van der Waals surface area contributed by atoms with Crippen LogP contribution in [0.5, 0.6) is 0 Å². The molecule has 1 aromatic heterocycles. The molecule has 1 rings (SSSR count). The van der Waals surface area contributed by atoms with E-state index in [0.717, 1.165) is 18.5 Å². The van der Waals surface area contributed by atoms with Gasteiger partial charge in [0.2, 0.25) is 0 Å². The first kappa shape index (κ1) is 9.06. The molecule has 0 radical (unpaired) electrons. The Labute approximate surface area is 77.0 Å². The van der Waals surface area contributed by atoms with Crippen LogP contribution in [0.2, 0.25) is 0 Å². The Kier molecular flexibility index (Phi) is 3.10. The van der Waals surface area contributed by atoms with Crippen LogP contribution in [0.3, 0.4) is 0 Å². The Bertz CT molecular complexity index is 285. The molecule has 2 N–H and O–H groups in total. The minimum Gasteiger partial charge on any atom is -0.388 e. The van der Waals surface area contributed by atoms with E-state index in [9.17, 15) is 0 Å². The van der Waals surface area contributed by atoms with E-state index in [1.54, 1.807) is 12.4 Å². The maximum atomic E-state index is 5.47. The van der Waals surface area contributed by atoms with Crippen molar-refractivity contribution in [1.82, 2.24) is 9.97 Å². The molecule has 3 nitrogen and oxygen atoms in total. The first-order valence-electron chi connectivity index (χ1n) is 3.85. The van der Waals surface area contributed by atoms with Crippen LogP contribution in [0, 0.1) is 0 Å². The van der Waals surface area contributed by atoms with Gasteiger partial charge in [0.15, 0.2) is 0 Å². The summed E-state index contributed by atoms with van der Waals surface area (Å²) in [5.74, 6) is 0. The Balaban J connectivity index is 3.00. The Morgan fingerprint density at radius 1 is 1.50 bits per heavy atom. The molecule has 0 spiro atoms. The molecule has 0 aromatic carbocycles. The van der Waals surface area contributed by atoms with Gasteiger partial charge in [-0.3, -0.25) is 9.97 Å². The number of thiocarbonyl (C=S) groups is 1. The quantitative estimate of drug-likeness (QED) is 0.708. The van der Waals surface area contributed by atoms with Gasteiger partial charge in [-0.05, 0) is 6.42 Å². The predicted octanol–water partition coefficient (Wildman–Crippen LogP) is 1.06. The molecule has 0 saturated carbocycles. The first-order valence-corrected chi connectivity index (χ1v) is 4.26. The van der Waals surface area contributed by atoms with Gasteiger partial charge in [0.25, 0.3) is 0 Å². The van der Waals surface area contributed by atoms with E-state index in [1.165, 1.54) is 0 Å². The minimum atomic E-state index is 0.326. The molecule has 0 amide bonds. The van der Waals surface area contributed by atoms with Gasteiger partial charge in [0, 0.05) is 12.4 Å². The lowest BCUT2D eigenvalue weighted by Crippen LogP contribution is -2.15. The number of rotatable bonds is 3. The zero-order valence-corrected chi connectivity index (χ0v) is 7.77. The predicted molar refractivity (Wildman–Crippen MR) is 51.9 cm³/mol. The topological polar surface area (TPSA) is 51.8 Å². The molecule has 0 saturated heterocycles. The normalized spacial score (nSPS) is 9.75. The Hall–Kier alpha value is -1.03. The molecule has 0 unspecified atom stereocenters. The summed E-state index contributed by atoms with van der Waals surface area (Å²) >= 11 is 4.84. The van der Waals surface area contributed by atoms with Crippen LogP contribution < -0.4 is 5.73 Å². The minimum absolute atomic E-state index is 0.326. The van der Waals surface area contributed by atoms with Gasteiger partial charge in [0.1, 0.15) is 10.7 Å². The summed E-state index contributed by atoms with van der Waals surface area (Å²) in [7, 11) is 0. The van der Waals surface area contributed by atoms with Crippen molar-refractivity contribution in [1.29, 1.82) is 0 Å². The van der Waals surface area contributed by atoms with Gasteiger partial charge in [-0.2, -0.15) is 0 Å². The van der Waals surface area contributed by atoms with E-state index in [2.05, 4.69) is 16.9 Å². The first-order chi connectivity index (χ1) is 5.75. The third-order valence-corrected chi connectivity index (χ3v) is 1.69. The highest BCUT2D eigenvalue weighted by Gasteiger charge is 2.05. The van der Waals surface area contributed by atoms with Crippen LogP contribution >= 0.6 is 12.2 Å². The largest absolute Gasteiger partial charge is 0.388 e. The molecule has 4 heteroatoms. The lowest BCUT2D eigenvalue weighted by molar-refractivity contribution is 0.866. The van der Waals surface area contributed by atoms with Gasteiger partial charge in [-0.1, -0.05) is 25.6 Å². The smallest absolute Gasteiger partial charge is 0.124 e. The molecular formula is C8H11N3S. The molecule has 0 bridgehead atoms. The zero-order valence-electron chi connectivity index (χ0n) is 6.95. The van der Waals surface area contributed by atoms with E-state index < -0.39 is 0 Å². The van der Waals surface area contributed by atoms with Crippen LogP contribution in [0.25, 0.3) is 0 Å². The van der Waals surface area contributed by atoms with Crippen molar-refractivity contribution in [2.24, 2.45) is 5.73 Å². The van der Waals surface area contributed by atoms with Crippen LogP contribution in [0.15, 0.2) is 12.4 Å². The van der Waals surface area contributed by atoms with E-state index >= 15 is 0 Å². The Morgan fingerprint density at radius 2 is 2.17 bits per heavy atom. The zero-order chi connectivity index (χ0) is 8.97. The number of nitrogens with zero attached hydrogens (tertiary/aromatic N) is 2. The molecule has 1 heterocycles. The van der Waals surface area contributed by atoms with Gasteiger partial charge in [-0.15, -0.1) is 0 Å². The van der Waals surface area contributed by atoms with Crippen molar-refractivity contribution in [2.75, 3.05) is 0 Å². The van der Waals surface area contributed by atoms with Crippen molar-refractivity contribution in [3.05, 3.63) is 23.8 Å². The van der Waals surface area contributed by atoms with Crippen molar-refractivity contribution in [2.45, 2.75) is 19.8 Å².